The Balaban J connectivity index is 1.39. The Kier molecular flexibility index (Phi) is 8.00. The number of aromatic nitrogens is 2. The molecule has 2 amide bonds. The van der Waals surface area contributed by atoms with Gasteiger partial charge in [0.2, 0.25) is 5.91 Å². The van der Waals surface area contributed by atoms with E-state index in [4.69, 9.17) is 38.4 Å². The second kappa shape index (κ2) is 11.6. The molecular formula is C32H27Cl2F4N4O4+. The van der Waals surface area contributed by atoms with E-state index >= 15 is 0 Å². The third-order valence-electron chi connectivity index (χ3n) is 8.47. The van der Waals surface area contributed by atoms with Gasteiger partial charge in [0.15, 0.2) is 24.3 Å². The number of nitrogens with one attached hydrogen (secondary N) is 1. The molecule has 0 unspecified atom stereocenters. The molecule has 14 heteroatoms. The minimum absolute atomic E-state index is 0.0234. The van der Waals surface area contributed by atoms with Gasteiger partial charge in [-0.25, -0.2) is 13.9 Å². The number of methoxy groups -OCH3 is 1. The number of halogens is 6. The topological polar surface area (TPSA) is 107 Å². The Bertz CT molecular complexity index is 1920. The van der Waals surface area contributed by atoms with Crippen molar-refractivity contribution in [2.45, 2.75) is 43.3 Å². The Morgan fingerprint density at radius 1 is 1.22 bits per heavy atom. The summed E-state index contributed by atoms with van der Waals surface area (Å²) >= 11 is 12.1. The van der Waals surface area contributed by atoms with Gasteiger partial charge in [-0.15, -0.1) is 0 Å². The summed E-state index contributed by atoms with van der Waals surface area (Å²) in [4.78, 5) is 30.0. The zero-order chi connectivity index (χ0) is 33.1. The summed E-state index contributed by atoms with van der Waals surface area (Å²) in [6.45, 7) is 0.215. The van der Waals surface area contributed by atoms with E-state index < -0.39 is 52.4 Å². The van der Waals surface area contributed by atoms with Crippen LogP contribution in [0.4, 0.5) is 17.6 Å². The predicted octanol–water partition coefficient (Wildman–Crippen LogP) is 6.19. The number of hydrogen-bond acceptors (Lipinski definition) is 5. The molecule has 240 valence electrons. The number of ether oxygens (including phenoxy) is 2. The molecule has 46 heavy (non-hydrogen) atoms. The Hall–Kier alpha value is -4.16. The van der Waals surface area contributed by atoms with E-state index in [1.807, 2.05) is 23.0 Å². The molecule has 0 radical (unpaired) electrons. The highest BCUT2D eigenvalue weighted by Crippen LogP contribution is 2.48. The molecule has 0 saturated heterocycles. The SMILES string of the molecule is COc1cc(C(=O)NC[C@H](c2cc3c(c(-c4ccc(Cl)c(F)c4Cl)n2)OC[C@]3(C)C(N)=O)C(F)(F)F)cc2c[n+](C3CC3)ccc12. The van der Waals surface area contributed by atoms with Crippen molar-refractivity contribution in [2.75, 3.05) is 20.3 Å². The van der Waals surface area contributed by atoms with Crippen LogP contribution in [0.25, 0.3) is 22.0 Å². The van der Waals surface area contributed by atoms with Gasteiger partial charge in [0.25, 0.3) is 5.91 Å². The van der Waals surface area contributed by atoms with E-state index in [2.05, 4.69) is 10.3 Å². The van der Waals surface area contributed by atoms with Crippen molar-refractivity contribution in [2.24, 2.45) is 5.73 Å². The summed E-state index contributed by atoms with van der Waals surface area (Å²) in [5.41, 5.74) is 3.33. The van der Waals surface area contributed by atoms with Gasteiger partial charge >= 0.3 is 6.18 Å². The Morgan fingerprint density at radius 2 is 1.96 bits per heavy atom. The summed E-state index contributed by atoms with van der Waals surface area (Å²) in [5.74, 6) is -4.66. The molecule has 2 atom stereocenters. The van der Waals surface area contributed by atoms with Crippen LogP contribution in [0, 0.1) is 5.82 Å². The number of nitrogens with zero attached hydrogens (tertiary/aromatic N) is 2. The van der Waals surface area contributed by atoms with Gasteiger partial charge in [0, 0.05) is 47.5 Å². The lowest BCUT2D eigenvalue weighted by atomic mass is 9.82. The molecule has 3 N–H and O–H groups in total. The van der Waals surface area contributed by atoms with Crippen molar-refractivity contribution in [1.29, 1.82) is 0 Å². The van der Waals surface area contributed by atoms with Gasteiger partial charge in [-0.05, 0) is 37.3 Å². The first-order valence-electron chi connectivity index (χ1n) is 14.2. The average molecular weight is 678 g/mol. The quantitative estimate of drug-likeness (QED) is 0.131. The molecule has 0 spiro atoms. The number of alkyl halides is 3. The van der Waals surface area contributed by atoms with E-state index in [1.165, 1.54) is 32.2 Å². The molecular weight excluding hydrogens is 651 g/mol. The minimum atomic E-state index is -4.92. The van der Waals surface area contributed by atoms with Crippen molar-refractivity contribution >= 4 is 45.8 Å². The number of primary amides is 1. The molecule has 8 nitrogen and oxygen atoms in total. The average Bonchev–Trinajstić information content (AvgIpc) is 3.81. The maximum atomic E-state index is 14.7. The molecule has 1 saturated carbocycles. The maximum absolute atomic E-state index is 14.7. The highest BCUT2D eigenvalue weighted by atomic mass is 35.5. The highest BCUT2D eigenvalue weighted by Gasteiger charge is 2.47. The number of hydrogen-bond donors (Lipinski definition) is 2. The van der Waals surface area contributed by atoms with E-state index in [-0.39, 0.29) is 39.8 Å². The molecule has 1 fully saturated rings. The van der Waals surface area contributed by atoms with E-state index in [1.54, 1.807) is 6.07 Å². The van der Waals surface area contributed by atoms with Crippen molar-refractivity contribution in [1.82, 2.24) is 10.3 Å². The monoisotopic (exact) mass is 677 g/mol. The maximum Gasteiger partial charge on any atom is 0.398 e. The molecule has 6 rings (SSSR count). The van der Waals surface area contributed by atoms with E-state index in [0.29, 0.717) is 17.2 Å². The van der Waals surface area contributed by atoms with Crippen LogP contribution in [0.1, 0.15) is 53.3 Å². The molecule has 1 aliphatic heterocycles. The first-order valence-corrected chi connectivity index (χ1v) is 15.0. The van der Waals surface area contributed by atoms with Gasteiger partial charge in [-0.2, -0.15) is 13.2 Å². The lowest BCUT2D eigenvalue weighted by Gasteiger charge is -2.24. The zero-order valence-corrected chi connectivity index (χ0v) is 26.0. The van der Waals surface area contributed by atoms with Crippen molar-refractivity contribution in [3.05, 3.63) is 81.5 Å². The smallest absolute Gasteiger partial charge is 0.398 e. The number of carbonyl (C=O) groups is 2. The number of benzene rings is 2. The first kappa shape index (κ1) is 31.8. The van der Waals surface area contributed by atoms with Crippen LogP contribution in [0.2, 0.25) is 10.0 Å². The summed E-state index contributed by atoms with van der Waals surface area (Å²) in [6, 6.07) is 8.82. The fourth-order valence-corrected chi connectivity index (χ4v) is 6.02. The lowest BCUT2D eigenvalue weighted by Crippen LogP contribution is -2.40. The van der Waals surface area contributed by atoms with Crippen LogP contribution in [0.3, 0.4) is 0 Å². The van der Waals surface area contributed by atoms with Crippen LogP contribution >= 0.6 is 23.2 Å². The molecule has 2 aliphatic rings. The number of rotatable bonds is 8. The number of fused-ring (bicyclic) bond motifs is 2. The summed E-state index contributed by atoms with van der Waals surface area (Å²) in [7, 11) is 1.44. The van der Waals surface area contributed by atoms with Crippen LogP contribution in [-0.4, -0.2) is 43.2 Å². The number of pyridine rings is 2. The largest absolute Gasteiger partial charge is 0.496 e. The Labute approximate surface area is 270 Å². The van der Waals surface area contributed by atoms with Crippen LogP contribution in [0.15, 0.2) is 48.8 Å². The standard InChI is InChI=1S/C32H26Cl2F4N4O4/c1-31(30(39)44)14-46-28-20(31)11-23(41-27(28)19-5-6-22(33)26(35)25(19)34)21(32(36,37)38)12-40-29(43)15-9-16-13-42(17-3-4-17)8-7-18(16)24(10-15)45-2/h5-11,13,17,21H,3-4,12,14H2,1-2H3,(H2-,39,40,43,44)/p+1/t21-,31+/m1/s1. The molecule has 3 heterocycles. The van der Waals surface area contributed by atoms with Gasteiger partial charge in [0.05, 0.1) is 28.2 Å². The third kappa shape index (κ3) is 5.57. The molecule has 0 bridgehead atoms. The van der Waals surface area contributed by atoms with Gasteiger partial charge < -0.3 is 20.5 Å². The number of nitrogens with two attached hydrogens (primary N) is 1. The van der Waals surface area contributed by atoms with Gasteiger partial charge in [-0.1, -0.05) is 23.2 Å². The van der Waals surface area contributed by atoms with Crippen molar-refractivity contribution < 1.29 is 41.2 Å². The van der Waals surface area contributed by atoms with Crippen molar-refractivity contribution in [3.8, 4) is 22.8 Å². The molecule has 4 aromatic rings. The van der Waals surface area contributed by atoms with Crippen LogP contribution in [0.5, 0.6) is 11.5 Å². The highest BCUT2D eigenvalue weighted by molar-refractivity contribution is 6.36. The summed E-state index contributed by atoms with van der Waals surface area (Å²) in [5, 5.41) is 3.00. The second-order valence-corrected chi connectivity index (χ2v) is 12.4. The summed E-state index contributed by atoms with van der Waals surface area (Å²) < 4.78 is 72.0. The first-order chi connectivity index (χ1) is 21.7. The zero-order valence-electron chi connectivity index (χ0n) is 24.5. The van der Waals surface area contributed by atoms with Gasteiger partial charge in [0.1, 0.15) is 35.1 Å². The Morgan fingerprint density at radius 3 is 2.61 bits per heavy atom. The van der Waals surface area contributed by atoms with Gasteiger partial charge in [-0.3, -0.25) is 9.59 Å². The summed E-state index contributed by atoms with van der Waals surface area (Å²) in [6.07, 6.45) is 0.959. The fourth-order valence-electron chi connectivity index (χ4n) is 5.56. The molecule has 2 aromatic heterocycles. The van der Waals surface area contributed by atoms with E-state index in [0.717, 1.165) is 24.3 Å². The number of amides is 2. The van der Waals surface area contributed by atoms with Crippen molar-refractivity contribution in [3.63, 3.8) is 0 Å². The fraction of sp³-hybridized carbons (Fsp3) is 0.312. The van der Waals surface area contributed by atoms with Crippen LogP contribution in [-0.2, 0) is 10.2 Å². The second-order valence-electron chi connectivity index (χ2n) is 11.6. The minimum Gasteiger partial charge on any atom is -0.496 e. The van der Waals surface area contributed by atoms with E-state index in [9.17, 15) is 27.2 Å². The molecule has 1 aliphatic carbocycles. The van der Waals surface area contributed by atoms with Crippen LogP contribution < -0.4 is 25.1 Å². The lowest BCUT2D eigenvalue weighted by molar-refractivity contribution is -0.699. The third-order valence-corrected chi connectivity index (χ3v) is 9.13. The predicted molar refractivity (Wildman–Crippen MR) is 162 cm³/mol. The normalized spacial score (nSPS) is 18.2. The molecule has 2 aromatic carbocycles. The number of carbonyl (C=O) groups excluding carboxylic acids is 2.